The highest BCUT2D eigenvalue weighted by Gasteiger charge is 2.29. The maximum absolute atomic E-state index is 12.6. The Hall–Kier alpha value is -0.870. The van der Waals surface area contributed by atoms with Crippen molar-refractivity contribution in [3.63, 3.8) is 0 Å². The molecule has 2 rings (SSSR count). The summed E-state index contributed by atoms with van der Waals surface area (Å²) < 4.78 is 26.7. The molecular weight excluding hydrogens is 246 g/mol. The molecule has 0 saturated heterocycles. The summed E-state index contributed by atoms with van der Waals surface area (Å²) in [4.78, 5) is 0.443. The van der Waals surface area contributed by atoms with E-state index >= 15 is 0 Å². The Bertz CT molecular complexity index is 504. The lowest BCUT2D eigenvalue weighted by molar-refractivity contribution is 0.285. The average Bonchev–Trinajstić information content (AvgIpc) is 2.39. The molecule has 1 saturated carbocycles. The third-order valence-electron chi connectivity index (χ3n) is 3.84. The number of nitrogens with zero attached hydrogens (tertiary/aromatic N) is 1. The van der Waals surface area contributed by atoms with Crippen LogP contribution in [0, 0.1) is 6.92 Å². The van der Waals surface area contributed by atoms with Crippen molar-refractivity contribution < 1.29 is 8.42 Å². The third kappa shape index (κ3) is 2.59. The predicted octanol–water partition coefficient (Wildman–Crippen LogP) is 2.95. The van der Waals surface area contributed by atoms with Gasteiger partial charge in [-0.05, 0) is 31.4 Å². The lowest BCUT2D eigenvalue weighted by atomic mass is 9.96. The minimum atomic E-state index is -3.34. The van der Waals surface area contributed by atoms with Crippen molar-refractivity contribution in [2.45, 2.75) is 50.0 Å². The average molecular weight is 267 g/mol. The lowest BCUT2D eigenvalue weighted by Crippen LogP contribution is -2.38. The van der Waals surface area contributed by atoms with Crippen LogP contribution in [0.3, 0.4) is 0 Å². The zero-order valence-electron chi connectivity index (χ0n) is 11.1. The van der Waals surface area contributed by atoms with Crippen LogP contribution in [0.4, 0.5) is 0 Å². The van der Waals surface area contributed by atoms with Gasteiger partial charge in [0, 0.05) is 13.1 Å². The van der Waals surface area contributed by atoms with Crippen molar-refractivity contribution in [1.29, 1.82) is 0 Å². The van der Waals surface area contributed by atoms with E-state index in [0.29, 0.717) is 4.90 Å². The fourth-order valence-corrected chi connectivity index (χ4v) is 4.28. The summed E-state index contributed by atoms with van der Waals surface area (Å²) in [6.45, 7) is 1.85. The highest BCUT2D eigenvalue weighted by Crippen LogP contribution is 2.27. The molecule has 0 bridgehead atoms. The Kier molecular flexibility index (Phi) is 4.07. The van der Waals surface area contributed by atoms with Gasteiger partial charge < -0.3 is 0 Å². The van der Waals surface area contributed by atoms with E-state index in [1.165, 1.54) is 6.42 Å². The minimum absolute atomic E-state index is 0.170. The molecule has 0 radical (unpaired) electrons. The summed E-state index contributed by atoms with van der Waals surface area (Å²) >= 11 is 0. The number of aryl methyl sites for hydroxylation is 1. The van der Waals surface area contributed by atoms with Gasteiger partial charge in [0.15, 0.2) is 0 Å². The summed E-state index contributed by atoms with van der Waals surface area (Å²) in [6, 6.07) is 7.37. The second kappa shape index (κ2) is 5.41. The van der Waals surface area contributed by atoms with E-state index in [9.17, 15) is 8.42 Å². The van der Waals surface area contributed by atoms with Gasteiger partial charge in [-0.25, -0.2) is 8.42 Å². The molecule has 1 aliphatic rings. The lowest BCUT2D eigenvalue weighted by Gasteiger charge is -2.30. The van der Waals surface area contributed by atoms with E-state index in [4.69, 9.17) is 0 Å². The Labute approximate surface area is 110 Å². The fraction of sp³-hybridized carbons (Fsp3) is 0.571. The van der Waals surface area contributed by atoms with Crippen LogP contribution >= 0.6 is 0 Å². The van der Waals surface area contributed by atoms with Crippen LogP contribution in [0.2, 0.25) is 0 Å². The molecule has 3 nitrogen and oxygen atoms in total. The molecule has 100 valence electrons. The Morgan fingerprint density at radius 1 is 1.11 bits per heavy atom. The van der Waals surface area contributed by atoms with Crippen molar-refractivity contribution in [2.75, 3.05) is 7.05 Å². The number of sulfonamides is 1. The van der Waals surface area contributed by atoms with Gasteiger partial charge in [-0.1, -0.05) is 37.5 Å². The molecule has 1 aromatic rings. The monoisotopic (exact) mass is 267 g/mol. The summed E-state index contributed by atoms with van der Waals surface area (Å²) in [5.74, 6) is 0. The molecular formula is C14H21NO2S. The number of benzene rings is 1. The molecule has 0 spiro atoms. The first-order valence-corrected chi connectivity index (χ1v) is 8.01. The molecule has 0 aromatic heterocycles. The van der Waals surface area contributed by atoms with Crippen LogP contribution in [0.15, 0.2) is 29.2 Å². The first kappa shape index (κ1) is 13.6. The zero-order valence-corrected chi connectivity index (χ0v) is 11.9. The highest BCUT2D eigenvalue weighted by atomic mass is 32.2. The highest BCUT2D eigenvalue weighted by molar-refractivity contribution is 7.89. The Morgan fingerprint density at radius 2 is 1.72 bits per heavy atom. The largest absolute Gasteiger partial charge is 0.243 e. The van der Waals surface area contributed by atoms with Gasteiger partial charge >= 0.3 is 0 Å². The normalized spacial score (nSPS) is 18.2. The van der Waals surface area contributed by atoms with Gasteiger partial charge in [-0.15, -0.1) is 0 Å². The zero-order chi connectivity index (χ0) is 13.2. The molecule has 0 N–H and O–H groups in total. The van der Waals surface area contributed by atoms with Crippen LogP contribution in [0.1, 0.15) is 37.7 Å². The second-order valence-electron chi connectivity index (χ2n) is 5.08. The van der Waals surface area contributed by atoms with E-state index in [1.807, 2.05) is 19.1 Å². The van der Waals surface area contributed by atoms with Gasteiger partial charge in [0.05, 0.1) is 4.90 Å². The van der Waals surface area contributed by atoms with Crippen LogP contribution < -0.4 is 0 Å². The van der Waals surface area contributed by atoms with E-state index in [1.54, 1.807) is 23.5 Å². The van der Waals surface area contributed by atoms with Crippen LogP contribution in [-0.2, 0) is 10.0 Å². The van der Waals surface area contributed by atoms with Crippen LogP contribution in [0.5, 0.6) is 0 Å². The quantitative estimate of drug-likeness (QED) is 0.844. The standard InChI is InChI=1S/C14H21NO2S/c1-12-8-6-7-11-14(12)18(16,17)15(2)13-9-4-3-5-10-13/h6-8,11,13H,3-5,9-10H2,1-2H3. The first-order chi connectivity index (χ1) is 8.53. The third-order valence-corrected chi connectivity index (χ3v) is 5.91. The summed E-state index contributed by atoms with van der Waals surface area (Å²) in [7, 11) is -1.62. The minimum Gasteiger partial charge on any atom is -0.207 e. The topological polar surface area (TPSA) is 37.4 Å². The maximum Gasteiger partial charge on any atom is 0.243 e. The van der Waals surface area contributed by atoms with Gasteiger partial charge in [-0.3, -0.25) is 0 Å². The molecule has 4 heteroatoms. The fourth-order valence-electron chi connectivity index (χ4n) is 2.64. The van der Waals surface area contributed by atoms with E-state index in [-0.39, 0.29) is 6.04 Å². The molecule has 1 aromatic carbocycles. The number of rotatable bonds is 3. The summed E-state index contributed by atoms with van der Waals surface area (Å²) in [6.07, 6.45) is 5.48. The first-order valence-electron chi connectivity index (χ1n) is 6.57. The van der Waals surface area contributed by atoms with Crippen molar-refractivity contribution in [3.8, 4) is 0 Å². The molecule has 18 heavy (non-hydrogen) atoms. The van der Waals surface area contributed by atoms with Crippen molar-refractivity contribution in [3.05, 3.63) is 29.8 Å². The molecule has 0 heterocycles. The van der Waals surface area contributed by atoms with Crippen molar-refractivity contribution in [2.24, 2.45) is 0 Å². The molecule has 0 aliphatic heterocycles. The Balaban J connectivity index is 2.28. The van der Waals surface area contributed by atoms with Crippen molar-refractivity contribution in [1.82, 2.24) is 4.31 Å². The molecule has 0 atom stereocenters. The summed E-state index contributed by atoms with van der Waals surface area (Å²) in [5.41, 5.74) is 0.820. The smallest absolute Gasteiger partial charge is 0.207 e. The van der Waals surface area contributed by atoms with Gasteiger partial charge in [0.1, 0.15) is 0 Å². The van der Waals surface area contributed by atoms with E-state index in [2.05, 4.69) is 0 Å². The maximum atomic E-state index is 12.6. The Morgan fingerprint density at radius 3 is 2.33 bits per heavy atom. The molecule has 1 aliphatic carbocycles. The van der Waals surface area contributed by atoms with Gasteiger partial charge in [0.2, 0.25) is 10.0 Å². The molecule has 1 fully saturated rings. The molecule has 0 amide bonds. The number of hydrogen-bond donors (Lipinski definition) is 0. The second-order valence-corrected chi connectivity index (χ2v) is 7.04. The molecule has 0 unspecified atom stereocenters. The predicted molar refractivity (Wildman–Crippen MR) is 73.0 cm³/mol. The number of hydrogen-bond acceptors (Lipinski definition) is 2. The van der Waals surface area contributed by atoms with E-state index in [0.717, 1.165) is 31.2 Å². The van der Waals surface area contributed by atoms with Crippen molar-refractivity contribution >= 4 is 10.0 Å². The van der Waals surface area contributed by atoms with E-state index < -0.39 is 10.0 Å². The van der Waals surface area contributed by atoms with Crippen LogP contribution in [-0.4, -0.2) is 25.8 Å². The summed E-state index contributed by atoms with van der Waals surface area (Å²) in [5, 5.41) is 0. The van der Waals surface area contributed by atoms with Gasteiger partial charge in [0.25, 0.3) is 0 Å². The van der Waals surface area contributed by atoms with Crippen LogP contribution in [0.25, 0.3) is 0 Å². The SMILES string of the molecule is Cc1ccccc1S(=O)(=O)N(C)C1CCCCC1. The van der Waals surface area contributed by atoms with Gasteiger partial charge in [-0.2, -0.15) is 4.31 Å².